The number of nitrogens with zero attached hydrogens (tertiary/aromatic N) is 1. The minimum absolute atomic E-state index is 0.150. The first-order chi connectivity index (χ1) is 10.3. The first-order valence-electron chi connectivity index (χ1n) is 7.74. The average molecular weight is 308 g/mol. The summed E-state index contributed by atoms with van der Waals surface area (Å²) in [6.45, 7) is 1.76. The van der Waals surface area contributed by atoms with Crippen LogP contribution in [-0.4, -0.2) is 41.8 Å². The van der Waals surface area contributed by atoms with Gasteiger partial charge in [0.2, 0.25) is 5.88 Å². The van der Waals surface area contributed by atoms with Gasteiger partial charge in [0.1, 0.15) is 0 Å². The molecule has 0 bridgehead atoms. The van der Waals surface area contributed by atoms with Gasteiger partial charge in [-0.25, -0.2) is 4.98 Å². The van der Waals surface area contributed by atoms with E-state index in [1.807, 2.05) is 12.1 Å². The van der Waals surface area contributed by atoms with Crippen LogP contribution < -0.4 is 10.1 Å². The molecule has 3 rings (SSSR count). The van der Waals surface area contributed by atoms with Crippen LogP contribution in [0.15, 0.2) is 18.3 Å². The number of ether oxygens (including phenoxy) is 2. The number of methoxy groups -OCH3 is 1. The fourth-order valence-corrected chi connectivity index (χ4v) is 4.46. The van der Waals surface area contributed by atoms with Crippen LogP contribution in [0.25, 0.3) is 0 Å². The van der Waals surface area contributed by atoms with Crippen molar-refractivity contribution in [3.63, 3.8) is 0 Å². The summed E-state index contributed by atoms with van der Waals surface area (Å²) in [4.78, 5) is 4.15. The van der Waals surface area contributed by atoms with E-state index < -0.39 is 0 Å². The van der Waals surface area contributed by atoms with Crippen LogP contribution in [0.5, 0.6) is 5.88 Å². The summed E-state index contributed by atoms with van der Waals surface area (Å²) in [6.07, 6.45) is 6.48. The molecule has 0 aromatic carbocycles. The molecule has 1 aromatic heterocycles. The molecule has 21 heavy (non-hydrogen) atoms. The van der Waals surface area contributed by atoms with Gasteiger partial charge in [-0.2, -0.15) is 11.8 Å². The Morgan fingerprint density at radius 3 is 3.14 bits per heavy atom. The highest BCUT2D eigenvalue weighted by Crippen LogP contribution is 2.37. The molecule has 5 heteroatoms. The van der Waals surface area contributed by atoms with Crippen LogP contribution in [0, 0.1) is 0 Å². The van der Waals surface area contributed by atoms with Crippen molar-refractivity contribution in [3.05, 3.63) is 23.9 Å². The van der Waals surface area contributed by atoms with Gasteiger partial charge < -0.3 is 14.8 Å². The molecule has 1 spiro atoms. The lowest BCUT2D eigenvalue weighted by molar-refractivity contribution is -0.0933. The molecule has 2 fully saturated rings. The minimum Gasteiger partial charge on any atom is -0.481 e. The van der Waals surface area contributed by atoms with E-state index in [0.29, 0.717) is 11.9 Å². The highest BCUT2D eigenvalue weighted by molar-refractivity contribution is 7.99. The third kappa shape index (κ3) is 3.90. The fourth-order valence-electron chi connectivity index (χ4n) is 3.23. The van der Waals surface area contributed by atoms with E-state index in [1.165, 1.54) is 29.9 Å². The zero-order chi connectivity index (χ0) is 14.5. The average Bonchev–Trinajstić information content (AvgIpc) is 2.54. The molecule has 1 aromatic rings. The van der Waals surface area contributed by atoms with Crippen LogP contribution in [0.1, 0.15) is 31.2 Å². The zero-order valence-corrected chi connectivity index (χ0v) is 13.5. The molecule has 4 nitrogen and oxygen atoms in total. The highest BCUT2D eigenvalue weighted by Gasteiger charge is 2.38. The Morgan fingerprint density at radius 2 is 2.33 bits per heavy atom. The van der Waals surface area contributed by atoms with E-state index in [9.17, 15) is 0 Å². The fraction of sp³-hybridized carbons (Fsp3) is 0.688. The molecule has 2 aliphatic heterocycles. The van der Waals surface area contributed by atoms with Crippen molar-refractivity contribution in [2.75, 3.05) is 25.2 Å². The summed E-state index contributed by atoms with van der Waals surface area (Å²) < 4.78 is 11.3. The van der Waals surface area contributed by atoms with Crippen molar-refractivity contribution in [2.24, 2.45) is 0 Å². The Bertz CT molecular complexity index is 458. The Kier molecular flexibility index (Phi) is 5.03. The van der Waals surface area contributed by atoms with E-state index in [0.717, 1.165) is 26.0 Å². The molecule has 0 saturated carbocycles. The second-order valence-electron chi connectivity index (χ2n) is 5.92. The van der Waals surface area contributed by atoms with Crippen LogP contribution in [-0.2, 0) is 11.3 Å². The number of aromatic nitrogens is 1. The van der Waals surface area contributed by atoms with Crippen molar-refractivity contribution in [1.82, 2.24) is 10.3 Å². The monoisotopic (exact) mass is 308 g/mol. The molecular formula is C16H24N2O2S. The summed E-state index contributed by atoms with van der Waals surface area (Å²) in [5.41, 5.74) is 1.37. The molecule has 1 atom stereocenters. The van der Waals surface area contributed by atoms with Crippen molar-refractivity contribution in [3.8, 4) is 5.88 Å². The number of rotatable bonds is 4. The number of hydrogen-bond acceptors (Lipinski definition) is 5. The smallest absolute Gasteiger partial charge is 0.213 e. The minimum atomic E-state index is 0.150. The predicted molar refractivity (Wildman–Crippen MR) is 85.9 cm³/mol. The lowest BCUT2D eigenvalue weighted by Crippen LogP contribution is -2.48. The molecule has 116 valence electrons. The lowest BCUT2D eigenvalue weighted by atomic mass is 9.85. The van der Waals surface area contributed by atoms with Crippen molar-refractivity contribution in [2.45, 2.75) is 43.9 Å². The van der Waals surface area contributed by atoms with Crippen LogP contribution >= 0.6 is 11.8 Å². The summed E-state index contributed by atoms with van der Waals surface area (Å²) in [7, 11) is 1.66. The van der Waals surface area contributed by atoms with Crippen molar-refractivity contribution < 1.29 is 9.47 Å². The molecule has 2 aliphatic rings. The Labute approximate surface area is 131 Å². The molecule has 1 unspecified atom stereocenters. The van der Waals surface area contributed by atoms with Gasteiger partial charge in [-0.15, -0.1) is 0 Å². The highest BCUT2D eigenvalue weighted by atomic mass is 32.2. The normalized spacial score (nSPS) is 24.9. The maximum atomic E-state index is 6.14. The molecule has 0 aliphatic carbocycles. The molecule has 1 N–H and O–H groups in total. The maximum Gasteiger partial charge on any atom is 0.213 e. The standard InChI is InChI=1S/C16H24N2O2S/c1-19-15-10-13(2-6-17-15)12-18-14-3-7-20-16(11-14)4-8-21-9-5-16/h2,6,10,14,18H,3-5,7-9,11-12H2,1H3. The second kappa shape index (κ2) is 6.99. The Hall–Kier alpha value is -0.780. The number of hydrogen-bond donors (Lipinski definition) is 1. The number of pyridine rings is 1. The van der Waals surface area contributed by atoms with Gasteiger partial charge >= 0.3 is 0 Å². The van der Waals surface area contributed by atoms with Gasteiger partial charge in [0.25, 0.3) is 0 Å². The molecule has 2 saturated heterocycles. The van der Waals surface area contributed by atoms with Crippen LogP contribution in [0.3, 0.4) is 0 Å². The largest absolute Gasteiger partial charge is 0.481 e. The van der Waals surface area contributed by atoms with Crippen molar-refractivity contribution in [1.29, 1.82) is 0 Å². The first kappa shape index (κ1) is 15.1. The van der Waals surface area contributed by atoms with Gasteiger partial charge in [-0.3, -0.25) is 0 Å². The van der Waals surface area contributed by atoms with Crippen LogP contribution in [0.4, 0.5) is 0 Å². The van der Waals surface area contributed by atoms with Crippen molar-refractivity contribution >= 4 is 11.8 Å². The van der Waals surface area contributed by atoms with Gasteiger partial charge in [-0.05, 0) is 48.8 Å². The quantitative estimate of drug-likeness (QED) is 0.926. The molecule has 3 heterocycles. The zero-order valence-electron chi connectivity index (χ0n) is 12.6. The number of thioether (sulfide) groups is 1. The van der Waals surface area contributed by atoms with E-state index in [2.05, 4.69) is 22.1 Å². The predicted octanol–water partition coefficient (Wildman–Crippen LogP) is 2.62. The van der Waals surface area contributed by atoms with Gasteiger partial charge in [0.15, 0.2) is 0 Å². The van der Waals surface area contributed by atoms with Gasteiger partial charge in [-0.1, -0.05) is 0 Å². The van der Waals surface area contributed by atoms with Crippen LogP contribution in [0.2, 0.25) is 0 Å². The Balaban J connectivity index is 1.54. The van der Waals surface area contributed by atoms with E-state index in [4.69, 9.17) is 9.47 Å². The van der Waals surface area contributed by atoms with E-state index >= 15 is 0 Å². The summed E-state index contributed by atoms with van der Waals surface area (Å²) in [5.74, 6) is 3.17. The topological polar surface area (TPSA) is 43.4 Å². The third-order valence-corrected chi connectivity index (χ3v) is 5.49. The SMILES string of the molecule is COc1cc(CNC2CCOC3(CCSCC3)C2)ccn1. The van der Waals surface area contributed by atoms with E-state index in [-0.39, 0.29) is 5.60 Å². The second-order valence-corrected chi connectivity index (χ2v) is 7.15. The summed E-state index contributed by atoms with van der Waals surface area (Å²) >= 11 is 2.06. The molecule has 0 radical (unpaired) electrons. The summed E-state index contributed by atoms with van der Waals surface area (Å²) in [5, 5.41) is 3.69. The van der Waals surface area contributed by atoms with Gasteiger partial charge in [0.05, 0.1) is 12.7 Å². The number of nitrogens with one attached hydrogen (secondary N) is 1. The molecule has 0 amide bonds. The maximum absolute atomic E-state index is 6.14. The first-order valence-corrected chi connectivity index (χ1v) is 8.89. The summed E-state index contributed by atoms with van der Waals surface area (Å²) in [6, 6.07) is 4.60. The van der Waals surface area contributed by atoms with E-state index in [1.54, 1.807) is 13.3 Å². The third-order valence-electron chi connectivity index (χ3n) is 4.50. The molecular weight excluding hydrogens is 284 g/mol. The Morgan fingerprint density at radius 1 is 1.48 bits per heavy atom. The van der Waals surface area contributed by atoms with Gasteiger partial charge in [0, 0.05) is 31.5 Å². The lowest BCUT2D eigenvalue weighted by Gasteiger charge is -2.43.